The van der Waals surface area contributed by atoms with Crippen molar-refractivity contribution in [3.8, 4) is 17.0 Å². The van der Waals surface area contributed by atoms with Gasteiger partial charge in [0.1, 0.15) is 24.6 Å². The summed E-state index contributed by atoms with van der Waals surface area (Å²) < 4.78 is 48.4. The van der Waals surface area contributed by atoms with Crippen molar-refractivity contribution >= 4 is 22.8 Å². The molecule has 0 bridgehead atoms. The van der Waals surface area contributed by atoms with E-state index in [-0.39, 0.29) is 28.9 Å². The normalized spacial score (nSPS) is 18.6. The molecule has 4 rings (SSSR count). The molecule has 3 aromatic rings. The number of nitrogens with one attached hydrogen (secondary N) is 3. The lowest BCUT2D eigenvalue weighted by Gasteiger charge is -2.24. The Morgan fingerprint density at radius 1 is 1.19 bits per heavy atom. The van der Waals surface area contributed by atoms with Gasteiger partial charge >= 0.3 is 0 Å². The average Bonchev–Trinajstić information content (AvgIpc) is 3.21. The topological polar surface area (TPSA) is 99.7 Å². The maximum Gasteiger partial charge on any atom is 0.244 e. The highest BCUT2D eigenvalue weighted by Gasteiger charge is 2.23. The molecule has 36 heavy (non-hydrogen) atoms. The van der Waals surface area contributed by atoms with E-state index in [1.165, 1.54) is 42.8 Å². The molecule has 0 amide bonds. The van der Waals surface area contributed by atoms with E-state index < -0.39 is 25.2 Å². The molecule has 1 aliphatic carbocycles. The second-order valence-electron chi connectivity index (χ2n) is 9.39. The molecular formula is C25H32F3N7O. The van der Waals surface area contributed by atoms with Crippen LogP contribution in [0.25, 0.3) is 16.6 Å². The maximum absolute atomic E-state index is 15.3. The van der Waals surface area contributed by atoms with Crippen LogP contribution in [0.15, 0.2) is 29.5 Å². The Bertz CT molecular complexity index is 1200. The van der Waals surface area contributed by atoms with E-state index in [4.69, 9.17) is 10.3 Å². The summed E-state index contributed by atoms with van der Waals surface area (Å²) in [6.07, 6.45) is 8.00. The number of benzene rings is 1. The summed E-state index contributed by atoms with van der Waals surface area (Å²) in [7, 11) is 1.46. The van der Waals surface area contributed by atoms with Crippen LogP contribution in [0.2, 0.25) is 0 Å². The molecule has 1 saturated carbocycles. The van der Waals surface area contributed by atoms with Crippen molar-refractivity contribution in [1.29, 1.82) is 5.53 Å². The zero-order valence-corrected chi connectivity index (χ0v) is 20.5. The largest absolute Gasteiger partial charge is 0.479 e. The molecule has 1 fully saturated rings. The van der Waals surface area contributed by atoms with E-state index in [1.54, 1.807) is 6.07 Å². The molecule has 1 aliphatic rings. The Labute approximate surface area is 208 Å². The standard InChI is InChI=1S/C25H32F3N7O/c1-15-5-3-4-6-17(9-7-15)31-25-32-24(36-2)23-22(19(28)14-35(23)34-25)16-8-10-20(33-29)21(11-16)30-18(12-26)13-27/h8,10-11,14-15,17-18,29-30H,3-7,9,12-13H2,1-2H3,(H,31,34)/t15?,17-/m0/s1. The van der Waals surface area contributed by atoms with Crippen molar-refractivity contribution in [3.63, 3.8) is 0 Å². The molecule has 3 N–H and O–H groups in total. The van der Waals surface area contributed by atoms with Gasteiger partial charge in [-0.15, -0.1) is 5.10 Å². The van der Waals surface area contributed by atoms with Crippen molar-refractivity contribution in [3.05, 3.63) is 30.2 Å². The molecular weight excluding hydrogens is 471 g/mol. The SMILES string of the molecule is COc1nc(N[C@H]2CCCCC(C)CC2)nn2cc(F)c(-c3ccc(N=N)c(NC(CF)CF)c3)c12. The molecule has 2 heterocycles. The monoisotopic (exact) mass is 503 g/mol. The van der Waals surface area contributed by atoms with Crippen LogP contribution in [0.5, 0.6) is 5.88 Å². The van der Waals surface area contributed by atoms with Gasteiger partial charge in [-0.2, -0.15) is 10.1 Å². The fraction of sp³-hybridized carbons (Fsp3) is 0.520. The number of ether oxygens (including phenoxy) is 1. The number of hydrogen-bond donors (Lipinski definition) is 3. The number of aromatic nitrogens is 3. The Morgan fingerprint density at radius 3 is 2.69 bits per heavy atom. The first-order valence-corrected chi connectivity index (χ1v) is 12.3. The molecule has 0 saturated heterocycles. The molecule has 0 radical (unpaired) electrons. The molecule has 2 atom stereocenters. The number of halogens is 3. The van der Waals surface area contributed by atoms with E-state index >= 15 is 4.39 Å². The number of fused-ring (bicyclic) bond motifs is 1. The predicted molar refractivity (Wildman–Crippen MR) is 133 cm³/mol. The molecule has 2 aromatic heterocycles. The van der Waals surface area contributed by atoms with Gasteiger partial charge in [0.2, 0.25) is 11.8 Å². The van der Waals surface area contributed by atoms with E-state index in [9.17, 15) is 8.78 Å². The van der Waals surface area contributed by atoms with Gasteiger partial charge in [0.25, 0.3) is 0 Å². The van der Waals surface area contributed by atoms with Crippen LogP contribution in [0.4, 0.5) is 30.5 Å². The Hall–Kier alpha value is -3.37. The molecule has 11 heteroatoms. The maximum atomic E-state index is 15.3. The van der Waals surface area contributed by atoms with Crippen LogP contribution in [-0.4, -0.2) is 47.1 Å². The number of nitrogens with zero attached hydrogens (tertiary/aromatic N) is 4. The minimum atomic E-state index is -1.10. The second kappa shape index (κ2) is 11.6. The summed E-state index contributed by atoms with van der Waals surface area (Å²) in [6, 6.07) is 3.70. The summed E-state index contributed by atoms with van der Waals surface area (Å²) in [4.78, 5) is 4.52. The Balaban J connectivity index is 1.71. The highest BCUT2D eigenvalue weighted by molar-refractivity contribution is 5.88. The number of anilines is 2. The summed E-state index contributed by atoms with van der Waals surface area (Å²) >= 11 is 0. The van der Waals surface area contributed by atoms with Crippen LogP contribution in [0.3, 0.4) is 0 Å². The number of alkyl halides is 2. The Morgan fingerprint density at radius 2 is 1.97 bits per heavy atom. The van der Waals surface area contributed by atoms with Crippen LogP contribution in [0, 0.1) is 17.3 Å². The van der Waals surface area contributed by atoms with Gasteiger partial charge in [-0.1, -0.05) is 32.3 Å². The summed E-state index contributed by atoms with van der Waals surface area (Å²) in [5.74, 6) is 0.680. The first kappa shape index (κ1) is 25.7. The van der Waals surface area contributed by atoms with Crippen LogP contribution in [-0.2, 0) is 0 Å². The third kappa shape index (κ3) is 5.55. The highest BCUT2D eigenvalue weighted by atomic mass is 19.1. The fourth-order valence-electron chi connectivity index (χ4n) is 4.73. The smallest absolute Gasteiger partial charge is 0.244 e. The van der Waals surface area contributed by atoms with Gasteiger partial charge in [-0.3, -0.25) is 0 Å². The van der Waals surface area contributed by atoms with Crippen molar-refractivity contribution in [1.82, 2.24) is 14.6 Å². The fourth-order valence-corrected chi connectivity index (χ4v) is 4.73. The van der Waals surface area contributed by atoms with E-state index in [0.29, 0.717) is 22.9 Å². The third-order valence-corrected chi connectivity index (χ3v) is 6.72. The van der Waals surface area contributed by atoms with Crippen LogP contribution >= 0.6 is 0 Å². The predicted octanol–water partition coefficient (Wildman–Crippen LogP) is 6.70. The molecule has 0 spiro atoms. The minimum absolute atomic E-state index is 0.176. The molecule has 1 unspecified atom stereocenters. The Kier molecular flexibility index (Phi) is 8.27. The zero-order chi connectivity index (χ0) is 25.7. The lowest BCUT2D eigenvalue weighted by Crippen LogP contribution is -2.24. The zero-order valence-electron chi connectivity index (χ0n) is 20.5. The van der Waals surface area contributed by atoms with Crippen molar-refractivity contribution in [2.45, 2.75) is 57.5 Å². The summed E-state index contributed by atoms with van der Waals surface area (Å²) in [5, 5.41) is 14.0. The molecule has 8 nitrogen and oxygen atoms in total. The third-order valence-electron chi connectivity index (χ3n) is 6.72. The van der Waals surface area contributed by atoms with Crippen LogP contribution < -0.4 is 15.4 Å². The van der Waals surface area contributed by atoms with E-state index in [2.05, 4.69) is 32.8 Å². The van der Waals surface area contributed by atoms with Crippen molar-refractivity contribution in [2.24, 2.45) is 11.0 Å². The van der Waals surface area contributed by atoms with Crippen LogP contribution in [0.1, 0.15) is 45.4 Å². The van der Waals surface area contributed by atoms with Crippen molar-refractivity contribution < 1.29 is 17.9 Å². The van der Waals surface area contributed by atoms with Gasteiger partial charge in [0.15, 0.2) is 5.82 Å². The number of hydrogen-bond acceptors (Lipinski definition) is 7. The highest BCUT2D eigenvalue weighted by Crippen LogP contribution is 2.38. The molecule has 0 aliphatic heterocycles. The van der Waals surface area contributed by atoms with E-state index in [0.717, 1.165) is 25.7 Å². The summed E-state index contributed by atoms with van der Waals surface area (Å²) in [5.41, 5.74) is 8.66. The van der Waals surface area contributed by atoms with E-state index in [1.807, 2.05) is 0 Å². The second-order valence-corrected chi connectivity index (χ2v) is 9.39. The summed E-state index contributed by atoms with van der Waals surface area (Å²) in [6.45, 7) is 0.386. The average molecular weight is 504 g/mol. The first-order chi connectivity index (χ1) is 17.5. The lowest BCUT2D eigenvalue weighted by atomic mass is 9.90. The van der Waals surface area contributed by atoms with Gasteiger partial charge in [0, 0.05) is 6.04 Å². The van der Waals surface area contributed by atoms with Gasteiger partial charge in [-0.25, -0.2) is 23.2 Å². The van der Waals surface area contributed by atoms with Gasteiger partial charge < -0.3 is 15.4 Å². The number of rotatable bonds is 9. The van der Waals surface area contributed by atoms with Crippen molar-refractivity contribution in [2.75, 3.05) is 31.1 Å². The molecule has 1 aromatic carbocycles. The van der Waals surface area contributed by atoms with Gasteiger partial charge in [0.05, 0.1) is 30.6 Å². The lowest BCUT2D eigenvalue weighted by molar-refractivity contribution is 0.368. The quantitative estimate of drug-likeness (QED) is 0.282. The first-order valence-electron chi connectivity index (χ1n) is 12.3. The molecule has 194 valence electrons. The van der Waals surface area contributed by atoms with Gasteiger partial charge in [-0.05, 0) is 42.9 Å². The minimum Gasteiger partial charge on any atom is -0.479 e. The number of methoxy groups -OCH3 is 1.